The monoisotopic (exact) mass is 474 g/mol. The summed E-state index contributed by atoms with van der Waals surface area (Å²) in [5.41, 5.74) is 3.90. The molecule has 0 unspecified atom stereocenters. The smallest absolute Gasteiger partial charge is 0.119 e. The fourth-order valence-electron chi connectivity index (χ4n) is 4.67. The number of aromatic nitrogens is 1. The Hall–Kier alpha value is -2.77. The van der Waals surface area contributed by atoms with Crippen molar-refractivity contribution in [2.75, 3.05) is 40.3 Å². The van der Waals surface area contributed by atoms with Gasteiger partial charge in [0, 0.05) is 52.0 Å². The van der Waals surface area contributed by atoms with Gasteiger partial charge in [-0.2, -0.15) is 0 Å². The molecule has 186 valence electrons. The molecule has 0 bridgehead atoms. The van der Waals surface area contributed by atoms with Crippen LogP contribution in [0.3, 0.4) is 0 Å². The molecular weight excluding hydrogens is 436 g/mol. The molecule has 1 aliphatic heterocycles. The van der Waals surface area contributed by atoms with Gasteiger partial charge in [0.05, 0.1) is 18.4 Å². The second kappa shape index (κ2) is 12.3. The Morgan fingerprint density at radius 1 is 1.03 bits per heavy atom. The van der Waals surface area contributed by atoms with Gasteiger partial charge in [-0.15, -0.1) is 0 Å². The summed E-state index contributed by atoms with van der Waals surface area (Å²) in [6.45, 7) is 6.33. The number of nitrogens with one attached hydrogen (secondary N) is 1. The minimum atomic E-state index is -0.772. The number of hydrogen-bond donors (Lipinski definition) is 2. The van der Waals surface area contributed by atoms with Crippen LogP contribution in [-0.4, -0.2) is 60.2 Å². The van der Waals surface area contributed by atoms with Gasteiger partial charge < -0.3 is 20.1 Å². The van der Waals surface area contributed by atoms with E-state index in [4.69, 9.17) is 4.74 Å². The average Bonchev–Trinajstić information content (AvgIpc) is 2.90. The van der Waals surface area contributed by atoms with Gasteiger partial charge in [-0.25, -0.2) is 0 Å². The van der Waals surface area contributed by atoms with E-state index in [2.05, 4.69) is 51.4 Å². The third kappa shape index (κ3) is 7.36. The van der Waals surface area contributed by atoms with Crippen LogP contribution < -0.4 is 10.1 Å². The second-order valence-electron chi connectivity index (χ2n) is 9.59. The first-order valence-electron chi connectivity index (χ1n) is 12.5. The van der Waals surface area contributed by atoms with Crippen LogP contribution in [0.1, 0.15) is 35.2 Å². The summed E-state index contributed by atoms with van der Waals surface area (Å²) in [4.78, 5) is 9.12. The van der Waals surface area contributed by atoms with Crippen molar-refractivity contribution >= 4 is 0 Å². The van der Waals surface area contributed by atoms with Crippen molar-refractivity contribution in [1.29, 1.82) is 0 Å². The molecule has 35 heavy (non-hydrogen) atoms. The molecule has 2 heterocycles. The number of nitrogens with zero attached hydrogens (tertiary/aromatic N) is 3. The quantitative estimate of drug-likeness (QED) is 0.413. The van der Waals surface area contributed by atoms with Gasteiger partial charge in [0.25, 0.3) is 0 Å². The molecule has 0 amide bonds. The summed E-state index contributed by atoms with van der Waals surface area (Å²) in [7, 11) is 3.82. The maximum absolute atomic E-state index is 11.2. The summed E-state index contributed by atoms with van der Waals surface area (Å²) in [5.74, 6) is 0.796. The van der Waals surface area contributed by atoms with Crippen molar-refractivity contribution in [1.82, 2.24) is 20.1 Å². The number of likely N-dealkylation sites (N-methyl/N-ethyl adjacent to an activating group) is 1. The molecule has 6 heteroatoms. The Morgan fingerprint density at radius 3 is 2.51 bits per heavy atom. The number of ether oxygens (including phenoxy) is 1. The minimum absolute atomic E-state index is 0.734. The van der Waals surface area contributed by atoms with Crippen LogP contribution in [0.25, 0.3) is 0 Å². The Bertz CT molecular complexity index is 1030. The molecule has 4 rings (SSSR count). The van der Waals surface area contributed by atoms with Gasteiger partial charge in [-0.3, -0.25) is 9.88 Å². The van der Waals surface area contributed by atoms with Crippen LogP contribution in [-0.2, 0) is 25.2 Å². The lowest BCUT2D eigenvalue weighted by Crippen LogP contribution is -2.42. The number of hydrogen-bond acceptors (Lipinski definition) is 6. The highest BCUT2D eigenvalue weighted by Crippen LogP contribution is 2.34. The molecule has 3 aromatic rings. The Morgan fingerprint density at radius 2 is 1.80 bits per heavy atom. The largest absolute Gasteiger partial charge is 0.497 e. The molecule has 0 saturated carbocycles. The number of piperidine rings is 1. The molecule has 0 spiro atoms. The van der Waals surface area contributed by atoms with E-state index in [9.17, 15) is 5.11 Å². The molecule has 1 fully saturated rings. The van der Waals surface area contributed by atoms with E-state index in [-0.39, 0.29) is 0 Å². The first-order chi connectivity index (χ1) is 17.0. The number of methoxy groups -OCH3 is 1. The van der Waals surface area contributed by atoms with E-state index >= 15 is 0 Å². The van der Waals surface area contributed by atoms with Crippen molar-refractivity contribution in [3.05, 3.63) is 95.3 Å². The van der Waals surface area contributed by atoms with Gasteiger partial charge >= 0.3 is 0 Å². The SMILES string of the molecule is COc1cccc(C2(O)CCN(Cc3ccc(CN(C)CCNCc4ccccn4)cc3)CC2)c1. The predicted molar refractivity (Wildman–Crippen MR) is 140 cm³/mol. The maximum Gasteiger partial charge on any atom is 0.119 e. The lowest BCUT2D eigenvalue weighted by atomic mass is 9.84. The van der Waals surface area contributed by atoms with Crippen molar-refractivity contribution in [3.8, 4) is 5.75 Å². The maximum atomic E-state index is 11.2. The zero-order valence-corrected chi connectivity index (χ0v) is 21.0. The van der Waals surface area contributed by atoms with E-state index in [0.717, 1.165) is 75.7 Å². The summed E-state index contributed by atoms with van der Waals surface area (Å²) in [5, 5.41) is 14.7. The third-order valence-corrected chi connectivity index (χ3v) is 6.87. The first kappa shape index (κ1) is 25.3. The van der Waals surface area contributed by atoms with E-state index in [0.29, 0.717) is 0 Å². The van der Waals surface area contributed by atoms with Gasteiger partial charge in [0.15, 0.2) is 0 Å². The fraction of sp³-hybridized carbons (Fsp3) is 0.414. The molecule has 1 aromatic heterocycles. The summed E-state index contributed by atoms with van der Waals surface area (Å²) < 4.78 is 5.34. The zero-order valence-electron chi connectivity index (χ0n) is 21.0. The average molecular weight is 475 g/mol. The van der Waals surface area contributed by atoms with Crippen molar-refractivity contribution in [2.45, 2.75) is 38.1 Å². The highest BCUT2D eigenvalue weighted by Gasteiger charge is 2.34. The zero-order chi connectivity index (χ0) is 24.5. The fourth-order valence-corrected chi connectivity index (χ4v) is 4.67. The second-order valence-corrected chi connectivity index (χ2v) is 9.59. The Kier molecular flexibility index (Phi) is 8.88. The summed E-state index contributed by atoms with van der Waals surface area (Å²) in [6, 6.07) is 22.8. The molecule has 0 radical (unpaired) electrons. The number of aliphatic hydroxyl groups is 1. The number of benzene rings is 2. The third-order valence-electron chi connectivity index (χ3n) is 6.87. The topological polar surface area (TPSA) is 60.9 Å². The number of likely N-dealkylation sites (tertiary alicyclic amines) is 1. The lowest BCUT2D eigenvalue weighted by molar-refractivity contribution is -0.0278. The van der Waals surface area contributed by atoms with Crippen molar-refractivity contribution in [3.63, 3.8) is 0 Å². The Labute approximate surface area is 209 Å². The Balaban J connectivity index is 1.19. The van der Waals surface area contributed by atoms with Crippen LogP contribution in [0, 0.1) is 0 Å². The molecule has 0 atom stereocenters. The van der Waals surface area contributed by atoms with Crippen LogP contribution in [0.5, 0.6) is 5.75 Å². The molecular formula is C29H38N4O2. The molecule has 2 N–H and O–H groups in total. The van der Waals surface area contributed by atoms with E-state index < -0.39 is 5.60 Å². The van der Waals surface area contributed by atoms with Crippen LogP contribution in [0.2, 0.25) is 0 Å². The number of pyridine rings is 1. The van der Waals surface area contributed by atoms with Gasteiger partial charge in [-0.05, 0) is 60.8 Å². The van der Waals surface area contributed by atoms with Crippen LogP contribution in [0.15, 0.2) is 72.9 Å². The molecule has 1 saturated heterocycles. The number of rotatable bonds is 11. The minimum Gasteiger partial charge on any atom is -0.497 e. The van der Waals surface area contributed by atoms with Crippen molar-refractivity contribution in [2.24, 2.45) is 0 Å². The van der Waals surface area contributed by atoms with Crippen molar-refractivity contribution < 1.29 is 9.84 Å². The highest BCUT2D eigenvalue weighted by molar-refractivity contribution is 5.33. The van der Waals surface area contributed by atoms with Gasteiger partial charge in [-0.1, -0.05) is 42.5 Å². The van der Waals surface area contributed by atoms with Gasteiger partial charge in [0.2, 0.25) is 0 Å². The molecule has 2 aromatic carbocycles. The molecule has 1 aliphatic rings. The lowest BCUT2D eigenvalue weighted by Gasteiger charge is -2.38. The molecule has 6 nitrogen and oxygen atoms in total. The van der Waals surface area contributed by atoms with E-state index in [1.807, 2.05) is 48.7 Å². The summed E-state index contributed by atoms with van der Waals surface area (Å²) >= 11 is 0. The standard InChI is InChI=1S/C29H38N4O2/c1-32(19-16-30-21-27-7-3-4-15-31-27)22-24-9-11-25(12-10-24)23-33-17-13-29(34,14-18-33)26-6-5-8-28(20-26)35-2/h3-12,15,20,30,34H,13-14,16-19,21-23H2,1-2H3. The van der Waals surface area contributed by atoms with E-state index in [1.54, 1.807) is 7.11 Å². The molecule has 0 aliphatic carbocycles. The van der Waals surface area contributed by atoms with Crippen LogP contribution >= 0.6 is 0 Å². The highest BCUT2D eigenvalue weighted by atomic mass is 16.5. The first-order valence-corrected chi connectivity index (χ1v) is 12.5. The predicted octanol–water partition coefficient (Wildman–Crippen LogP) is 3.80. The van der Waals surface area contributed by atoms with Crippen LogP contribution in [0.4, 0.5) is 0 Å². The summed E-state index contributed by atoms with van der Waals surface area (Å²) in [6.07, 6.45) is 3.30. The van der Waals surface area contributed by atoms with Gasteiger partial charge in [0.1, 0.15) is 5.75 Å². The van der Waals surface area contributed by atoms with E-state index in [1.165, 1.54) is 11.1 Å². The normalized spacial score (nSPS) is 15.9.